The van der Waals surface area contributed by atoms with Crippen LogP contribution in [0, 0.1) is 28.1 Å². The number of rotatable bonds is 0. The minimum Gasteiger partial charge on any atom is -0.299 e. The molecule has 5 atom stereocenters. The summed E-state index contributed by atoms with van der Waals surface area (Å²) < 4.78 is 0. The van der Waals surface area contributed by atoms with Crippen LogP contribution in [-0.4, -0.2) is 11.6 Å². The Labute approximate surface area is 149 Å². The molecule has 0 heterocycles. The lowest BCUT2D eigenvalue weighted by Crippen LogP contribution is -2.44. The van der Waals surface area contributed by atoms with Crippen molar-refractivity contribution in [1.29, 1.82) is 0 Å². The molecule has 0 N–H and O–H groups in total. The van der Waals surface area contributed by atoms with Gasteiger partial charge in [0.2, 0.25) is 0 Å². The van der Waals surface area contributed by atoms with Crippen LogP contribution >= 0.6 is 0 Å². The van der Waals surface area contributed by atoms with Crippen LogP contribution in [0.1, 0.15) is 65.2 Å². The average Bonchev–Trinajstić information content (AvgIpc) is 3.27. The Kier molecular flexibility index (Phi) is 2.41. The highest BCUT2D eigenvalue weighted by Crippen LogP contribution is 2.74. The third kappa shape index (κ3) is 1.43. The molecule has 0 aromatic heterocycles. The molecule has 0 radical (unpaired) electrons. The van der Waals surface area contributed by atoms with Gasteiger partial charge in [0.1, 0.15) is 5.78 Å². The molecular weight excluding hydrogens is 308 g/mol. The maximum absolute atomic E-state index is 13.1. The number of carbonyl (C=O) groups excluding carboxylic acids is 2. The molecule has 4 unspecified atom stereocenters. The van der Waals surface area contributed by atoms with Crippen LogP contribution < -0.4 is 0 Å². The molecule has 130 valence electrons. The van der Waals surface area contributed by atoms with E-state index in [0.29, 0.717) is 29.8 Å². The van der Waals surface area contributed by atoms with Crippen molar-refractivity contribution in [1.82, 2.24) is 0 Å². The minimum absolute atomic E-state index is 0.0873. The van der Waals surface area contributed by atoms with Gasteiger partial charge in [0.05, 0.1) is 5.41 Å². The van der Waals surface area contributed by atoms with Crippen LogP contribution in [0.25, 0.3) is 0 Å². The summed E-state index contributed by atoms with van der Waals surface area (Å²) in [6.07, 6.45) is 12.3. The van der Waals surface area contributed by atoms with Crippen molar-refractivity contribution >= 4 is 11.6 Å². The van der Waals surface area contributed by atoms with E-state index in [9.17, 15) is 9.59 Å². The normalized spacial score (nSPS) is 49.7. The van der Waals surface area contributed by atoms with Gasteiger partial charge in [-0.15, -0.1) is 0 Å². The van der Waals surface area contributed by atoms with Crippen molar-refractivity contribution in [2.75, 3.05) is 0 Å². The van der Waals surface area contributed by atoms with Crippen molar-refractivity contribution in [3.8, 4) is 0 Å². The SMILES string of the molecule is CC12CCC(=O)C=C1C1CC1C1=C2CCC23C(=O)CC[C@]2(C)CC=C13. The molecule has 0 aromatic rings. The third-order valence-electron chi connectivity index (χ3n) is 9.04. The van der Waals surface area contributed by atoms with Crippen molar-refractivity contribution in [3.63, 3.8) is 0 Å². The fourth-order valence-corrected chi connectivity index (χ4v) is 7.55. The molecule has 1 spiro atoms. The topological polar surface area (TPSA) is 34.1 Å². The largest absolute Gasteiger partial charge is 0.299 e. The summed E-state index contributed by atoms with van der Waals surface area (Å²) in [5.74, 6) is 2.02. The molecule has 2 fully saturated rings. The number of fused-ring (bicyclic) bond motifs is 6. The Bertz CT molecular complexity index is 855. The highest BCUT2D eigenvalue weighted by Gasteiger charge is 2.67. The average molecular weight is 334 g/mol. The number of hydrogen-bond acceptors (Lipinski definition) is 2. The predicted octanol–water partition coefficient (Wildman–Crippen LogP) is 4.71. The van der Waals surface area contributed by atoms with Crippen LogP contribution in [0.15, 0.2) is 34.4 Å². The van der Waals surface area contributed by atoms with Crippen molar-refractivity contribution in [3.05, 3.63) is 34.4 Å². The molecule has 2 heteroatoms. The van der Waals surface area contributed by atoms with E-state index in [1.165, 1.54) is 17.6 Å². The Balaban J connectivity index is 1.57. The molecule has 25 heavy (non-hydrogen) atoms. The second-order valence-electron chi connectivity index (χ2n) is 9.95. The first kappa shape index (κ1) is 14.7. The second-order valence-corrected chi connectivity index (χ2v) is 9.95. The highest BCUT2D eigenvalue weighted by atomic mass is 16.1. The number of ketones is 2. The zero-order chi connectivity index (χ0) is 17.2. The molecule has 6 aliphatic rings. The first-order valence-corrected chi connectivity index (χ1v) is 10.1. The molecule has 6 aliphatic carbocycles. The van der Waals surface area contributed by atoms with Crippen LogP contribution in [0.3, 0.4) is 0 Å². The van der Waals surface area contributed by atoms with Gasteiger partial charge in [-0.2, -0.15) is 0 Å². The molecule has 0 aromatic carbocycles. The zero-order valence-electron chi connectivity index (χ0n) is 15.3. The summed E-state index contributed by atoms with van der Waals surface area (Å²) in [4.78, 5) is 25.2. The first-order chi connectivity index (χ1) is 11.9. The standard InChI is InChI=1S/C23H26O2/c1-21-7-4-17-20-15-12-14(15)18-11-13(24)3-9-22(18,2)16(20)5-10-23(17,21)19(25)6-8-21/h4,11,14-15H,3,5-10,12H2,1-2H3/t14?,15?,21-,22?,23?/m0/s1. The molecule has 0 saturated heterocycles. The lowest BCUT2D eigenvalue weighted by molar-refractivity contribution is -0.127. The Hall–Kier alpha value is -1.44. The first-order valence-electron chi connectivity index (χ1n) is 10.1. The van der Waals surface area contributed by atoms with Gasteiger partial charge < -0.3 is 0 Å². The molecule has 2 saturated carbocycles. The summed E-state index contributed by atoms with van der Waals surface area (Å²) in [6.45, 7) is 4.75. The van der Waals surface area contributed by atoms with Crippen molar-refractivity contribution in [2.24, 2.45) is 28.1 Å². The molecular formula is C23H26O2. The second kappa shape index (κ2) is 4.10. The van der Waals surface area contributed by atoms with E-state index in [-0.39, 0.29) is 16.2 Å². The Morgan fingerprint density at radius 2 is 1.84 bits per heavy atom. The van der Waals surface area contributed by atoms with E-state index in [1.54, 1.807) is 11.1 Å². The highest BCUT2D eigenvalue weighted by molar-refractivity contribution is 5.95. The quantitative estimate of drug-likeness (QED) is 0.643. The molecule has 0 aliphatic heterocycles. The van der Waals surface area contributed by atoms with Crippen molar-refractivity contribution in [2.45, 2.75) is 65.2 Å². The van der Waals surface area contributed by atoms with E-state index in [1.807, 2.05) is 6.08 Å². The van der Waals surface area contributed by atoms with E-state index in [0.717, 1.165) is 38.5 Å². The summed E-state index contributed by atoms with van der Waals surface area (Å²) >= 11 is 0. The van der Waals surface area contributed by atoms with Gasteiger partial charge in [-0.05, 0) is 73.0 Å². The van der Waals surface area contributed by atoms with Gasteiger partial charge in [0.15, 0.2) is 5.78 Å². The summed E-state index contributed by atoms with van der Waals surface area (Å²) in [5, 5.41) is 0. The predicted molar refractivity (Wildman–Crippen MR) is 95.8 cm³/mol. The number of Topliss-reactive ketones (excluding diaryl/α,β-unsaturated/α-hetero) is 1. The third-order valence-corrected chi connectivity index (χ3v) is 9.04. The lowest BCUT2D eigenvalue weighted by atomic mass is 9.52. The van der Waals surface area contributed by atoms with E-state index in [4.69, 9.17) is 0 Å². The maximum atomic E-state index is 13.1. The molecule has 2 nitrogen and oxygen atoms in total. The zero-order valence-corrected chi connectivity index (χ0v) is 15.3. The van der Waals surface area contributed by atoms with Gasteiger partial charge in [-0.25, -0.2) is 0 Å². The molecule has 0 amide bonds. The summed E-state index contributed by atoms with van der Waals surface area (Å²) in [5.41, 5.74) is 6.16. The molecule has 6 rings (SSSR count). The van der Waals surface area contributed by atoms with Crippen LogP contribution in [0.2, 0.25) is 0 Å². The van der Waals surface area contributed by atoms with E-state index < -0.39 is 0 Å². The van der Waals surface area contributed by atoms with Gasteiger partial charge >= 0.3 is 0 Å². The van der Waals surface area contributed by atoms with Crippen molar-refractivity contribution < 1.29 is 9.59 Å². The minimum atomic E-state index is -0.166. The van der Waals surface area contributed by atoms with Gasteiger partial charge in [-0.1, -0.05) is 31.1 Å². The van der Waals surface area contributed by atoms with Gasteiger partial charge in [0.25, 0.3) is 0 Å². The Morgan fingerprint density at radius 1 is 1.00 bits per heavy atom. The fourth-order valence-electron chi connectivity index (χ4n) is 7.55. The number of allylic oxidation sites excluding steroid dienone is 6. The number of carbonyl (C=O) groups is 2. The van der Waals surface area contributed by atoms with Crippen LogP contribution in [0.4, 0.5) is 0 Å². The van der Waals surface area contributed by atoms with Crippen LogP contribution in [-0.2, 0) is 9.59 Å². The monoisotopic (exact) mass is 334 g/mol. The number of hydrogen-bond donors (Lipinski definition) is 0. The van der Waals surface area contributed by atoms with E-state index in [2.05, 4.69) is 19.9 Å². The van der Waals surface area contributed by atoms with Gasteiger partial charge in [-0.3, -0.25) is 9.59 Å². The maximum Gasteiger partial charge on any atom is 0.155 e. The van der Waals surface area contributed by atoms with Crippen LogP contribution in [0.5, 0.6) is 0 Å². The summed E-state index contributed by atoms with van der Waals surface area (Å²) in [6, 6.07) is 0. The summed E-state index contributed by atoms with van der Waals surface area (Å²) in [7, 11) is 0. The fraction of sp³-hybridized carbons (Fsp3) is 0.652. The smallest absolute Gasteiger partial charge is 0.155 e. The lowest BCUT2D eigenvalue weighted by Gasteiger charge is -2.50. The van der Waals surface area contributed by atoms with Gasteiger partial charge in [0, 0.05) is 18.3 Å². The molecule has 0 bridgehead atoms. The Morgan fingerprint density at radius 3 is 2.68 bits per heavy atom. The van der Waals surface area contributed by atoms with E-state index >= 15 is 0 Å².